The van der Waals surface area contributed by atoms with E-state index in [9.17, 15) is 22.8 Å². The Labute approximate surface area is 113 Å². The van der Waals surface area contributed by atoms with E-state index in [4.69, 9.17) is 5.11 Å². The zero-order chi connectivity index (χ0) is 15.5. The zero-order valence-corrected chi connectivity index (χ0v) is 10.8. The molecule has 0 fully saturated rings. The molecule has 0 atom stereocenters. The van der Waals surface area contributed by atoms with Gasteiger partial charge < -0.3 is 15.3 Å². The molecule has 110 valence electrons. The summed E-state index contributed by atoms with van der Waals surface area (Å²) in [5.41, 5.74) is 0.247. The van der Waals surface area contributed by atoms with Gasteiger partial charge in [-0.1, -0.05) is 12.1 Å². The molecule has 0 heterocycles. The predicted octanol–water partition coefficient (Wildman–Crippen LogP) is 2.72. The Bertz CT molecular complexity index is 529. The fourth-order valence-corrected chi connectivity index (χ4v) is 1.55. The van der Waals surface area contributed by atoms with Gasteiger partial charge in [0, 0.05) is 7.05 Å². The first-order valence-corrected chi connectivity index (χ1v) is 5.53. The molecule has 1 rings (SSSR count). The number of carboxylic acid groups (broad SMARTS) is 1. The first-order valence-electron chi connectivity index (χ1n) is 5.53. The summed E-state index contributed by atoms with van der Waals surface area (Å²) in [6.07, 6.45) is -4.52. The van der Waals surface area contributed by atoms with Gasteiger partial charge in [0.25, 0.3) is 0 Å². The van der Waals surface area contributed by atoms with E-state index in [0.717, 1.165) is 7.05 Å². The van der Waals surface area contributed by atoms with Crippen LogP contribution in [0.4, 0.5) is 23.7 Å². The monoisotopic (exact) mass is 290 g/mol. The predicted molar refractivity (Wildman–Crippen MR) is 65.8 cm³/mol. The van der Waals surface area contributed by atoms with Crippen LogP contribution in [-0.2, 0) is 0 Å². The van der Waals surface area contributed by atoms with Gasteiger partial charge in [-0.15, -0.1) is 0 Å². The fraction of sp³-hybridized carbons (Fsp3) is 0.333. The molecular formula is C12H13F3N2O3. The maximum Gasteiger partial charge on any atom is 0.406 e. The first-order chi connectivity index (χ1) is 9.11. The lowest BCUT2D eigenvalue weighted by Crippen LogP contribution is -2.38. The molecule has 2 amide bonds. The Balaban J connectivity index is 2.94. The molecule has 0 aliphatic heterocycles. The van der Waals surface area contributed by atoms with E-state index < -0.39 is 24.7 Å². The third kappa shape index (κ3) is 4.15. The number of rotatable bonds is 3. The van der Waals surface area contributed by atoms with E-state index >= 15 is 0 Å². The lowest BCUT2D eigenvalue weighted by Gasteiger charge is -2.20. The molecule has 0 aromatic heterocycles. The topological polar surface area (TPSA) is 69.6 Å². The highest BCUT2D eigenvalue weighted by molar-refractivity contribution is 6.00. The van der Waals surface area contributed by atoms with Gasteiger partial charge in [-0.05, 0) is 18.6 Å². The van der Waals surface area contributed by atoms with Crippen molar-refractivity contribution in [3.8, 4) is 0 Å². The maximum absolute atomic E-state index is 12.2. The number of amides is 2. The molecule has 2 N–H and O–H groups in total. The highest BCUT2D eigenvalue weighted by Crippen LogP contribution is 2.22. The van der Waals surface area contributed by atoms with Crippen molar-refractivity contribution in [1.82, 2.24) is 4.90 Å². The molecule has 8 heteroatoms. The minimum Gasteiger partial charge on any atom is -0.478 e. The number of carbonyl (C=O) groups is 2. The van der Waals surface area contributed by atoms with Gasteiger partial charge in [0.1, 0.15) is 6.54 Å². The largest absolute Gasteiger partial charge is 0.478 e. The third-order valence-electron chi connectivity index (χ3n) is 2.50. The molecule has 0 spiro atoms. The Morgan fingerprint density at radius 2 is 1.95 bits per heavy atom. The molecule has 0 bridgehead atoms. The Hall–Kier alpha value is -2.25. The number of aromatic carboxylic acids is 1. The molecular weight excluding hydrogens is 277 g/mol. The normalized spacial score (nSPS) is 11.1. The number of nitrogens with one attached hydrogen (secondary N) is 1. The van der Waals surface area contributed by atoms with Crippen molar-refractivity contribution in [2.45, 2.75) is 13.1 Å². The average Bonchev–Trinajstić information content (AvgIpc) is 2.28. The van der Waals surface area contributed by atoms with E-state index in [1.807, 2.05) is 0 Å². The number of hydrogen-bond donors (Lipinski definition) is 2. The van der Waals surface area contributed by atoms with Crippen LogP contribution in [0.3, 0.4) is 0 Å². The van der Waals surface area contributed by atoms with Crippen molar-refractivity contribution >= 4 is 17.7 Å². The number of carbonyl (C=O) groups excluding carboxylic acids is 1. The third-order valence-corrected chi connectivity index (χ3v) is 2.50. The van der Waals surface area contributed by atoms with Gasteiger partial charge >= 0.3 is 18.2 Å². The van der Waals surface area contributed by atoms with Crippen LogP contribution in [0, 0.1) is 6.92 Å². The Kier molecular flexibility index (Phi) is 4.59. The summed E-state index contributed by atoms with van der Waals surface area (Å²) in [4.78, 5) is 23.1. The lowest BCUT2D eigenvalue weighted by atomic mass is 10.1. The van der Waals surface area contributed by atoms with E-state index in [1.54, 1.807) is 13.0 Å². The highest BCUT2D eigenvalue weighted by atomic mass is 19.4. The van der Waals surface area contributed by atoms with Gasteiger partial charge in [-0.25, -0.2) is 9.59 Å². The van der Waals surface area contributed by atoms with Crippen LogP contribution < -0.4 is 5.32 Å². The molecule has 0 saturated heterocycles. The van der Waals surface area contributed by atoms with Crippen molar-refractivity contribution in [2.24, 2.45) is 0 Å². The van der Waals surface area contributed by atoms with E-state index in [1.165, 1.54) is 12.1 Å². The van der Waals surface area contributed by atoms with Crippen LogP contribution in [0.25, 0.3) is 0 Å². The number of halogens is 3. The molecule has 1 aromatic rings. The molecule has 1 aromatic carbocycles. The second kappa shape index (κ2) is 5.81. The summed E-state index contributed by atoms with van der Waals surface area (Å²) in [6, 6.07) is 3.26. The standard InChI is InChI=1S/C12H13F3N2O3/c1-7-4-3-5-8(10(18)19)9(7)16-11(20)17(2)6-12(13,14)15/h3-5H,6H2,1-2H3,(H,16,20)(H,18,19). The van der Waals surface area contributed by atoms with Crippen molar-refractivity contribution in [1.29, 1.82) is 0 Å². The molecule has 0 unspecified atom stereocenters. The van der Waals surface area contributed by atoms with Crippen LogP contribution in [0.5, 0.6) is 0 Å². The van der Waals surface area contributed by atoms with Gasteiger partial charge in [-0.3, -0.25) is 0 Å². The summed E-state index contributed by atoms with van der Waals surface area (Å²) in [5.74, 6) is -1.28. The van der Waals surface area contributed by atoms with Gasteiger partial charge in [0.2, 0.25) is 0 Å². The number of carboxylic acids is 1. The van der Waals surface area contributed by atoms with Crippen molar-refractivity contribution in [2.75, 3.05) is 18.9 Å². The smallest absolute Gasteiger partial charge is 0.406 e. The van der Waals surface area contributed by atoms with Crippen LogP contribution in [0.2, 0.25) is 0 Å². The number of anilines is 1. The van der Waals surface area contributed by atoms with Crippen molar-refractivity contribution in [3.63, 3.8) is 0 Å². The molecule has 5 nitrogen and oxygen atoms in total. The van der Waals surface area contributed by atoms with E-state index in [2.05, 4.69) is 5.32 Å². The van der Waals surface area contributed by atoms with Crippen molar-refractivity contribution in [3.05, 3.63) is 29.3 Å². The fourth-order valence-electron chi connectivity index (χ4n) is 1.55. The minimum absolute atomic E-state index is 0.0148. The summed E-state index contributed by atoms with van der Waals surface area (Å²) in [7, 11) is 0.974. The number of urea groups is 1. The van der Waals surface area contributed by atoms with Crippen LogP contribution in [-0.4, -0.2) is 41.8 Å². The van der Waals surface area contributed by atoms with E-state index in [0.29, 0.717) is 10.5 Å². The molecule has 20 heavy (non-hydrogen) atoms. The number of para-hydroxylation sites is 1. The van der Waals surface area contributed by atoms with Gasteiger partial charge in [-0.2, -0.15) is 13.2 Å². The lowest BCUT2D eigenvalue weighted by molar-refractivity contribution is -0.137. The minimum atomic E-state index is -4.52. The number of aryl methyl sites for hydroxylation is 1. The quantitative estimate of drug-likeness (QED) is 0.899. The average molecular weight is 290 g/mol. The summed E-state index contributed by atoms with van der Waals surface area (Å²) in [6.45, 7) is 0.124. The zero-order valence-electron chi connectivity index (χ0n) is 10.8. The maximum atomic E-state index is 12.2. The van der Waals surface area contributed by atoms with Gasteiger partial charge in [0.15, 0.2) is 0 Å². The Morgan fingerprint density at radius 1 is 1.35 bits per heavy atom. The number of nitrogens with zero attached hydrogens (tertiary/aromatic N) is 1. The second-order valence-electron chi connectivity index (χ2n) is 4.20. The molecule has 0 radical (unpaired) electrons. The first kappa shape index (κ1) is 15.8. The van der Waals surface area contributed by atoms with Crippen LogP contribution >= 0.6 is 0 Å². The van der Waals surface area contributed by atoms with Crippen molar-refractivity contribution < 1.29 is 27.9 Å². The SMILES string of the molecule is Cc1cccc(C(=O)O)c1NC(=O)N(C)CC(F)(F)F. The Morgan fingerprint density at radius 3 is 2.45 bits per heavy atom. The summed E-state index contributed by atoms with van der Waals surface area (Å²) >= 11 is 0. The van der Waals surface area contributed by atoms with Crippen LogP contribution in [0.15, 0.2) is 18.2 Å². The number of alkyl halides is 3. The number of benzene rings is 1. The molecule has 0 aliphatic rings. The summed E-state index contributed by atoms with van der Waals surface area (Å²) in [5, 5.41) is 11.2. The second-order valence-corrected chi connectivity index (χ2v) is 4.20. The highest BCUT2D eigenvalue weighted by Gasteiger charge is 2.31. The molecule has 0 saturated carbocycles. The summed E-state index contributed by atoms with van der Waals surface area (Å²) < 4.78 is 36.5. The molecule has 0 aliphatic carbocycles. The van der Waals surface area contributed by atoms with Crippen LogP contribution in [0.1, 0.15) is 15.9 Å². The van der Waals surface area contributed by atoms with Gasteiger partial charge in [0.05, 0.1) is 11.3 Å². The number of hydrogen-bond acceptors (Lipinski definition) is 2. The van der Waals surface area contributed by atoms with E-state index in [-0.39, 0.29) is 11.3 Å².